The van der Waals surface area contributed by atoms with E-state index in [4.69, 9.17) is 18.5 Å². The van der Waals surface area contributed by atoms with Gasteiger partial charge in [-0.25, -0.2) is 4.79 Å². The summed E-state index contributed by atoms with van der Waals surface area (Å²) >= 11 is 0. The molecule has 0 aliphatic heterocycles. The van der Waals surface area contributed by atoms with Crippen LogP contribution in [0.15, 0.2) is 36.4 Å². The quantitative estimate of drug-likeness (QED) is 0.367. The maximum absolute atomic E-state index is 12.2. The third-order valence-corrected chi connectivity index (χ3v) is 4.74. The lowest BCUT2D eigenvalue weighted by Gasteiger charge is -2.14. The van der Waals surface area contributed by atoms with Gasteiger partial charge in [-0.1, -0.05) is 12.2 Å². The Morgan fingerprint density at radius 1 is 1.09 bits per heavy atom. The normalized spacial score (nSPS) is 11.6. The van der Waals surface area contributed by atoms with E-state index in [0.29, 0.717) is 24.5 Å². The summed E-state index contributed by atoms with van der Waals surface area (Å²) in [5.74, 6) is 0.235. The first-order valence-electron chi connectivity index (χ1n) is 7.39. The minimum absolute atomic E-state index is 0.0864. The molecule has 0 N–H and O–H groups in total. The summed E-state index contributed by atoms with van der Waals surface area (Å²) < 4.78 is 32.6. The van der Waals surface area contributed by atoms with Gasteiger partial charge in [-0.2, -0.15) is 0 Å². The lowest BCUT2D eigenvalue weighted by molar-refractivity contribution is 0.0549. The van der Waals surface area contributed by atoms with Crippen molar-refractivity contribution in [2.75, 3.05) is 33.1 Å². The molecule has 0 radical (unpaired) electrons. The fourth-order valence-electron chi connectivity index (χ4n) is 1.74. The van der Waals surface area contributed by atoms with Crippen molar-refractivity contribution in [2.45, 2.75) is 13.8 Å². The van der Waals surface area contributed by atoms with E-state index in [-0.39, 0.29) is 12.8 Å². The smallest absolute Gasteiger partial charge is 0.338 e. The molecule has 0 saturated carbocycles. The Hall–Kier alpha value is -1.62. The number of allylic oxidation sites excluding steroid dienone is 1. The number of hydrogen-bond donors (Lipinski definition) is 0. The highest BCUT2D eigenvalue weighted by molar-refractivity contribution is 7.54. The Labute approximate surface area is 136 Å². The van der Waals surface area contributed by atoms with Crippen LogP contribution in [0.25, 0.3) is 0 Å². The van der Waals surface area contributed by atoms with Crippen LogP contribution >= 0.6 is 7.60 Å². The van der Waals surface area contributed by atoms with Crippen molar-refractivity contribution in [1.29, 1.82) is 0 Å². The first kappa shape index (κ1) is 19.4. The largest absolute Gasteiger partial charge is 0.497 e. The molecule has 0 aliphatic carbocycles. The standard InChI is InChI=1S/C16H23O6P/c1-4-21-23(18,22-5-2)13-7-6-12-20-16(17)14-8-10-15(19-3)11-9-14/h6-11H,4-5,12-13H2,1-3H3. The van der Waals surface area contributed by atoms with E-state index in [1.165, 1.54) is 0 Å². The number of rotatable bonds is 10. The van der Waals surface area contributed by atoms with Crippen LogP contribution in [0.5, 0.6) is 5.75 Å². The Balaban J connectivity index is 2.42. The molecule has 0 heterocycles. The van der Waals surface area contributed by atoms with E-state index in [0.717, 1.165) is 0 Å². The molecule has 7 heteroatoms. The van der Waals surface area contributed by atoms with Gasteiger partial charge in [-0.05, 0) is 38.1 Å². The Bertz CT molecular complexity index is 542. The molecule has 0 amide bonds. The molecule has 128 valence electrons. The lowest BCUT2D eigenvalue weighted by Crippen LogP contribution is -2.05. The second-order valence-electron chi connectivity index (χ2n) is 4.43. The van der Waals surface area contributed by atoms with Gasteiger partial charge in [-0.15, -0.1) is 0 Å². The molecule has 0 unspecified atom stereocenters. The second kappa shape index (κ2) is 10.2. The number of benzene rings is 1. The van der Waals surface area contributed by atoms with Gasteiger partial charge in [0.1, 0.15) is 12.4 Å². The second-order valence-corrected chi connectivity index (χ2v) is 6.53. The van der Waals surface area contributed by atoms with Crippen LogP contribution in [-0.2, 0) is 18.3 Å². The van der Waals surface area contributed by atoms with Gasteiger partial charge >= 0.3 is 13.6 Å². The maximum atomic E-state index is 12.2. The average Bonchev–Trinajstić information content (AvgIpc) is 2.55. The monoisotopic (exact) mass is 342 g/mol. The van der Waals surface area contributed by atoms with E-state index in [1.807, 2.05) is 0 Å². The molecular weight excluding hydrogens is 319 g/mol. The lowest BCUT2D eigenvalue weighted by atomic mass is 10.2. The Morgan fingerprint density at radius 2 is 1.70 bits per heavy atom. The average molecular weight is 342 g/mol. The first-order chi connectivity index (χ1) is 11.0. The van der Waals surface area contributed by atoms with Crippen LogP contribution in [0.2, 0.25) is 0 Å². The molecule has 0 aromatic heterocycles. The van der Waals surface area contributed by atoms with E-state index in [2.05, 4.69) is 0 Å². The molecule has 0 aliphatic rings. The van der Waals surface area contributed by atoms with Gasteiger partial charge in [-0.3, -0.25) is 4.57 Å². The van der Waals surface area contributed by atoms with Crippen molar-refractivity contribution in [2.24, 2.45) is 0 Å². The summed E-state index contributed by atoms with van der Waals surface area (Å²) in [4.78, 5) is 11.8. The molecule has 6 nitrogen and oxygen atoms in total. The molecular formula is C16H23O6P. The molecule has 0 saturated heterocycles. The topological polar surface area (TPSA) is 71.1 Å². The number of hydrogen-bond acceptors (Lipinski definition) is 6. The van der Waals surface area contributed by atoms with Crippen molar-refractivity contribution in [3.8, 4) is 5.75 Å². The number of ether oxygens (including phenoxy) is 2. The highest BCUT2D eigenvalue weighted by Gasteiger charge is 2.20. The van der Waals surface area contributed by atoms with Crippen molar-refractivity contribution >= 4 is 13.6 Å². The fourth-order valence-corrected chi connectivity index (χ4v) is 3.22. The summed E-state index contributed by atoms with van der Waals surface area (Å²) in [5, 5.41) is 0. The van der Waals surface area contributed by atoms with E-state index >= 15 is 0 Å². The molecule has 0 fully saturated rings. The zero-order valence-corrected chi connectivity index (χ0v) is 14.6. The van der Waals surface area contributed by atoms with Gasteiger partial charge in [0.25, 0.3) is 0 Å². The van der Waals surface area contributed by atoms with Crippen LogP contribution < -0.4 is 4.74 Å². The zero-order chi connectivity index (χ0) is 17.1. The van der Waals surface area contributed by atoms with Gasteiger partial charge in [0.2, 0.25) is 0 Å². The third-order valence-electron chi connectivity index (χ3n) is 2.78. The summed E-state index contributed by atoms with van der Waals surface area (Å²) in [7, 11) is -1.53. The summed E-state index contributed by atoms with van der Waals surface area (Å²) in [6, 6.07) is 6.63. The van der Waals surface area contributed by atoms with Crippen molar-refractivity contribution in [1.82, 2.24) is 0 Å². The highest BCUT2D eigenvalue weighted by atomic mass is 31.2. The van der Waals surface area contributed by atoms with E-state index in [9.17, 15) is 9.36 Å². The summed E-state index contributed by atoms with van der Waals surface area (Å²) in [6.45, 7) is 4.23. The highest BCUT2D eigenvalue weighted by Crippen LogP contribution is 2.47. The fraction of sp³-hybridized carbons (Fsp3) is 0.438. The van der Waals surface area contributed by atoms with Gasteiger partial charge in [0.15, 0.2) is 0 Å². The Kier molecular flexibility index (Phi) is 8.62. The summed E-state index contributed by atoms with van der Waals surface area (Å²) in [6.07, 6.45) is 3.40. The van der Waals surface area contributed by atoms with Crippen LogP contribution in [0.4, 0.5) is 0 Å². The van der Waals surface area contributed by atoms with Gasteiger partial charge < -0.3 is 18.5 Å². The predicted molar refractivity (Wildman–Crippen MR) is 88.1 cm³/mol. The molecule has 1 rings (SSSR count). The minimum Gasteiger partial charge on any atom is -0.497 e. The number of methoxy groups -OCH3 is 1. The van der Waals surface area contributed by atoms with Gasteiger partial charge in [0.05, 0.1) is 32.0 Å². The molecule has 0 atom stereocenters. The van der Waals surface area contributed by atoms with Crippen LogP contribution in [-0.4, -0.2) is 39.1 Å². The zero-order valence-electron chi connectivity index (χ0n) is 13.7. The van der Waals surface area contributed by atoms with E-state index < -0.39 is 13.6 Å². The maximum Gasteiger partial charge on any atom is 0.338 e. The summed E-state index contributed by atoms with van der Waals surface area (Å²) in [5.41, 5.74) is 0.438. The van der Waals surface area contributed by atoms with Crippen LogP contribution in [0, 0.1) is 0 Å². The predicted octanol–water partition coefficient (Wildman–Crippen LogP) is 3.67. The molecule has 23 heavy (non-hydrogen) atoms. The third kappa shape index (κ3) is 6.99. The van der Waals surface area contributed by atoms with Crippen molar-refractivity contribution < 1.29 is 27.9 Å². The molecule has 0 bridgehead atoms. The Morgan fingerprint density at radius 3 is 2.22 bits per heavy atom. The van der Waals surface area contributed by atoms with Crippen LogP contribution in [0.1, 0.15) is 24.2 Å². The van der Waals surface area contributed by atoms with E-state index in [1.54, 1.807) is 57.4 Å². The van der Waals surface area contributed by atoms with Crippen LogP contribution in [0.3, 0.4) is 0 Å². The van der Waals surface area contributed by atoms with Crippen molar-refractivity contribution in [3.05, 3.63) is 42.0 Å². The molecule has 1 aromatic rings. The number of carbonyl (C=O) groups excluding carboxylic acids is 1. The first-order valence-corrected chi connectivity index (χ1v) is 9.11. The molecule has 1 aromatic carbocycles. The molecule has 0 spiro atoms. The number of esters is 1. The van der Waals surface area contributed by atoms with Gasteiger partial charge in [0, 0.05) is 0 Å². The SMILES string of the molecule is CCOP(=O)(CC=CCOC(=O)c1ccc(OC)cc1)OCC. The minimum atomic E-state index is -3.09. The number of carbonyl (C=O) groups is 1. The van der Waals surface area contributed by atoms with Crippen molar-refractivity contribution in [3.63, 3.8) is 0 Å².